The van der Waals surface area contributed by atoms with E-state index in [-0.39, 0.29) is 5.69 Å². The monoisotopic (exact) mass is 625 g/mol. The number of imide groups is 1. The fourth-order valence-electron chi connectivity index (χ4n) is 5.46. The molecule has 3 amide bonds. The molecule has 0 unspecified atom stereocenters. The summed E-state index contributed by atoms with van der Waals surface area (Å²) in [6.45, 7) is -0.505. The van der Waals surface area contributed by atoms with Crippen molar-refractivity contribution >= 4 is 52.2 Å². The molecule has 2 aliphatic heterocycles. The van der Waals surface area contributed by atoms with E-state index >= 15 is 0 Å². The van der Waals surface area contributed by atoms with Crippen LogP contribution in [0.2, 0.25) is 0 Å². The molecule has 220 valence electrons. The number of hydrogen-bond donors (Lipinski definition) is 1. The molecule has 0 saturated carbocycles. The Labute approximate surface area is 251 Å². The van der Waals surface area contributed by atoms with E-state index in [1.165, 1.54) is 23.8 Å². The van der Waals surface area contributed by atoms with Crippen molar-refractivity contribution in [3.63, 3.8) is 0 Å². The Bertz CT molecular complexity index is 1800. The van der Waals surface area contributed by atoms with Crippen molar-refractivity contribution < 1.29 is 32.3 Å². The molecule has 8 nitrogen and oxygen atoms in total. The first-order valence-electron chi connectivity index (χ1n) is 13.0. The van der Waals surface area contributed by atoms with Crippen LogP contribution in [0.5, 0.6) is 5.75 Å². The Morgan fingerprint density at radius 2 is 1.67 bits per heavy atom. The van der Waals surface area contributed by atoms with E-state index in [2.05, 4.69) is 5.32 Å². The first-order valence-corrected chi connectivity index (χ1v) is 14.7. The van der Waals surface area contributed by atoms with Crippen LogP contribution in [0, 0.1) is 5.92 Å². The molecule has 1 N–H and O–H groups in total. The summed E-state index contributed by atoms with van der Waals surface area (Å²) in [6.07, 6.45) is -4.59. The van der Waals surface area contributed by atoms with Gasteiger partial charge in [0.15, 0.2) is 0 Å². The Balaban J connectivity index is 1.40. The summed E-state index contributed by atoms with van der Waals surface area (Å²) in [4.78, 5) is 55.2. The Kier molecular flexibility index (Phi) is 7.38. The number of para-hydroxylation sites is 2. The van der Waals surface area contributed by atoms with Gasteiger partial charge in [0.2, 0.25) is 17.7 Å². The van der Waals surface area contributed by atoms with Gasteiger partial charge in [-0.2, -0.15) is 13.2 Å². The third kappa shape index (κ3) is 5.12. The summed E-state index contributed by atoms with van der Waals surface area (Å²) in [7, 11) is 1.48. The second kappa shape index (κ2) is 11.0. The molecular formula is C30H22F3N3O5S2. The number of ether oxygens (including phenoxy) is 1. The third-order valence-electron chi connectivity index (χ3n) is 7.31. The Morgan fingerprint density at radius 1 is 0.953 bits per heavy atom. The smallest absolute Gasteiger partial charge is 0.416 e. The summed E-state index contributed by atoms with van der Waals surface area (Å²) < 4.78 is 46.3. The van der Waals surface area contributed by atoms with E-state index in [0.29, 0.717) is 26.9 Å². The number of methoxy groups -OCH3 is 1. The Hall–Kier alpha value is -4.36. The van der Waals surface area contributed by atoms with Gasteiger partial charge < -0.3 is 10.1 Å². The molecule has 1 saturated heterocycles. The predicted octanol–water partition coefficient (Wildman–Crippen LogP) is 5.37. The number of alkyl halides is 3. The normalized spacial score (nSPS) is 19.6. The number of amides is 3. The van der Waals surface area contributed by atoms with Crippen LogP contribution >= 0.6 is 23.1 Å². The minimum atomic E-state index is -4.59. The molecule has 3 atom stereocenters. The minimum absolute atomic E-state index is 0.0772. The highest BCUT2D eigenvalue weighted by Gasteiger charge is 2.57. The SMILES string of the molecule is COc1ccccc1[C@@H]1c2sc(=O)n(CC(=O)Nc3cccc(C(F)(F)F)c3)c2S[C@H]2C(=O)N(c3ccccc3)C(=O)[C@@H]12. The summed E-state index contributed by atoms with van der Waals surface area (Å²) >= 11 is 1.91. The van der Waals surface area contributed by atoms with Crippen molar-refractivity contribution in [2.24, 2.45) is 5.92 Å². The number of fused-ring (bicyclic) bond motifs is 2. The Morgan fingerprint density at radius 3 is 2.40 bits per heavy atom. The highest BCUT2D eigenvalue weighted by atomic mass is 32.2. The number of halogens is 3. The van der Waals surface area contributed by atoms with Gasteiger partial charge in [0.05, 0.1) is 29.3 Å². The zero-order chi connectivity index (χ0) is 30.5. The third-order valence-corrected chi connectivity index (χ3v) is 9.92. The summed E-state index contributed by atoms with van der Waals surface area (Å²) in [5.74, 6) is -2.70. The topological polar surface area (TPSA) is 97.7 Å². The van der Waals surface area contributed by atoms with Gasteiger partial charge in [0.1, 0.15) is 17.5 Å². The zero-order valence-corrected chi connectivity index (χ0v) is 24.0. The molecule has 3 aromatic carbocycles. The maximum atomic E-state index is 13.9. The van der Waals surface area contributed by atoms with Crippen molar-refractivity contribution in [1.29, 1.82) is 0 Å². The highest BCUT2D eigenvalue weighted by Crippen LogP contribution is 2.55. The van der Waals surface area contributed by atoms with Crippen molar-refractivity contribution in [2.75, 3.05) is 17.3 Å². The quantitative estimate of drug-likeness (QED) is 0.290. The van der Waals surface area contributed by atoms with E-state index in [0.717, 1.165) is 40.1 Å². The van der Waals surface area contributed by atoms with Crippen molar-refractivity contribution in [3.05, 3.63) is 105 Å². The lowest BCUT2D eigenvalue weighted by atomic mass is 9.82. The number of rotatable bonds is 6. The first-order chi connectivity index (χ1) is 20.6. The number of anilines is 2. The second-order valence-electron chi connectivity index (χ2n) is 9.88. The fourth-order valence-corrected chi connectivity index (χ4v) is 8.23. The lowest BCUT2D eigenvalue weighted by Gasteiger charge is -2.31. The van der Waals surface area contributed by atoms with Crippen LogP contribution in [0.1, 0.15) is 21.9 Å². The van der Waals surface area contributed by atoms with E-state index < -0.39 is 58.0 Å². The van der Waals surface area contributed by atoms with Crippen LogP contribution < -0.4 is 19.8 Å². The van der Waals surface area contributed by atoms with E-state index in [1.807, 2.05) is 0 Å². The zero-order valence-electron chi connectivity index (χ0n) is 22.3. The predicted molar refractivity (Wildman–Crippen MR) is 156 cm³/mol. The van der Waals surface area contributed by atoms with Crippen molar-refractivity contribution in [1.82, 2.24) is 4.57 Å². The molecule has 0 bridgehead atoms. The van der Waals surface area contributed by atoms with Crippen molar-refractivity contribution in [2.45, 2.75) is 28.9 Å². The number of hydrogen-bond acceptors (Lipinski definition) is 7. The van der Waals surface area contributed by atoms with Gasteiger partial charge in [0, 0.05) is 22.0 Å². The van der Waals surface area contributed by atoms with Gasteiger partial charge in [-0.15, -0.1) is 0 Å². The van der Waals surface area contributed by atoms with Crippen LogP contribution in [0.3, 0.4) is 0 Å². The van der Waals surface area contributed by atoms with E-state index in [4.69, 9.17) is 4.74 Å². The first kappa shape index (κ1) is 28.7. The molecule has 0 spiro atoms. The molecular weight excluding hydrogens is 603 g/mol. The average Bonchev–Trinajstić information content (AvgIpc) is 3.43. The van der Waals surface area contributed by atoms with E-state index in [1.54, 1.807) is 54.6 Å². The molecule has 1 fully saturated rings. The lowest BCUT2D eigenvalue weighted by molar-refractivity contribution is -0.137. The summed E-state index contributed by atoms with van der Waals surface area (Å²) in [5, 5.41) is 1.87. The van der Waals surface area contributed by atoms with Crippen LogP contribution in [0.15, 0.2) is 88.7 Å². The number of carbonyl (C=O) groups is 3. The van der Waals surface area contributed by atoms with Gasteiger partial charge >= 0.3 is 11.0 Å². The number of nitrogens with one attached hydrogen (secondary N) is 1. The lowest BCUT2D eigenvalue weighted by Crippen LogP contribution is -2.33. The molecule has 1 aromatic heterocycles. The molecule has 2 aliphatic rings. The molecule has 6 rings (SSSR count). The van der Waals surface area contributed by atoms with Crippen LogP contribution in [0.4, 0.5) is 24.5 Å². The maximum Gasteiger partial charge on any atom is 0.416 e. The largest absolute Gasteiger partial charge is 0.496 e. The number of nitrogens with zero attached hydrogens (tertiary/aromatic N) is 2. The summed E-state index contributed by atoms with van der Waals surface area (Å²) in [6, 6.07) is 19.8. The second-order valence-corrected chi connectivity index (χ2v) is 12.0. The number of thioether (sulfide) groups is 1. The van der Waals surface area contributed by atoms with E-state index in [9.17, 15) is 32.3 Å². The van der Waals surface area contributed by atoms with Gasteiger partial charge in [-0.05, 0) is 36.4 Å². The minimum Gasteiger partial charge on any atom is -0.496 e. The molecule has 43 heavy (non-hydrogen) atoms. The number of carbonyl (C=O) groups excluding carboxylic acids is 3. The van der Waals surface area contributed by atoms with Crippen molar-refractivity contribution in [3.8, 4) is 5.75 Å². The molecule has 0 aliphatic carbocycles. The van der Waals surface area contributed by atoms with Gasteiger partial charge in [-0.25, -0.2) is 4.90 Å². The summed E-state index contributed by atoms with van der Waals surface area (Å²) in [5.41, 5.74) is 0.0302. The highest BCUT2D eigenvalue weighted by molar-refractivity contribution is 8.00. The van der Waals surface area contributed by atoms with Crippen LogP contribution in [0.25, 0.3) is 0 Å². The van der Waals surface area contributed by atoms with Gasteiger partial charge in [-0.1, -0.05) is 65.6 Å². The van der Waals surface area contributed by atoms with Gasteiger partial charge in [-0.3, -0.25) is 23.7 Å². The fraction of sp³-hybridized carbons (Fsp3) is 0.200. The number of aromatic nitrogens is 1. The molecule has 0 radical (unpaired) electrons. The molecule has 4 aromatic rings. The maximum absolute atomic E-state index is 13.9. The van der Waals surface area contributed by atoms with Crippen LogP contribution in [-0.4, -0.2) is 34.6 Å². The number of benzene rings is 3. The standard InChI is InChI=1S/C30H22F3N3O5S2/c1-41-20-13-6-5-12-19(20)22-23-24(27(39)36(26(23)38)18-10-3-2-4-11-18)42-28-25(22)43-29(40)35(28)15-21(37)34-17-9-7-8-16(14-17)30(31,32)33/h2-14,22-24H,15H2,1H3,(H,34,37)/t22-,23-,24+/m0/s1. The average molecular weight is 626 g/mol. The molecule has 3 heterocycles. The van der Waals surface area contributed by atoms with Gasteiger partial charge in [0.25, 0.3) is 0 Å². The number of thiazole rings is 1. The molecule has 13 heteroatoms. The van der Waals surface area contributed by atoms with Crippen LogP contribution in [-0.2, 0) is 27.1 Å².